The molecule has 0 N–H and O–H groups in total. The Labute approximate surface area is 99.2 Å². The third-order valence-electron chi connectivity index (χ3n) is 2.57. The van der Waals surface area contributed by atoms with E-state index >= 15 is 0 Å². The minimum absolute atomic E-state index is 0.0960. The molecular weight excluding hydrogens is 228 g/mol. The van der Waals surface area contributed by atoms with Crippen LogP contribution in [0.15, 0.2) is 0 Å². The quantitative estimate of drug-likeness (QED) is 0.374. The lowest BCUT2D eigenvalue weighted by Crippen LogP contribution is -2.40. The first kappa shape index (κ1) is 13.6. The molecule has 1 heterocycles. The maximum Gasteiger partial charge on any atom is 0.355 e. The highest BCUT2D eigenvalue weighted by Crippen LogP contribution is 2.18. The molecule has 0 amide bonds. The van der Waals surface area contributed by atoms with Crippen molar-refractivity contribution < 1.29 is 28.6 Å². The van der Waals surface area contributed by atoms with Gasteiger partial charge in [0, 0.05) is 19.1 Å². The Kier molecular flexibility index (Phi) is 5.62. The first-order chi connectivity index (χ1) is 8.20. The van der Waals surface area contributed by atoms with E-state index in [1.54, 1.807) is 6.92 Å². The fourth-order valence-corrected chi connectivity index (χ4v) is 1.71. The summed E-state index contributed by atoms with van der Waals surface area (Å²) in [5.41, 5.74) is 0. The summed E-state index contributed by atoms with van der Waals surface area (Å²) in [6.45, 7) is 2.81. The van der Waals surface area contributed by atoms with Crippen molar-refractivity contribution in [2.45, 2.75) is 25.9 Å². The van der Waals surface area contributed by atoms with Crippen molar-refractivity contribution in [2.75, 3.05) is 19.8 Å². The van der Waals surface area contributed by atoms with Gasteiger partial charge in [0.05, 0.1) is 6.61 Å². The van der Waals surface area contributed by atoms with Gasteiger partial charge in [0.1, 0.15) is 0 Å². The van der Waals surface area contributed by atoms with E-state index in [-0.39, 0.29) is 19.0 Å². The van der Waals surface area contributed by atoms with E-state index in [4.69, 9.17) is 9.47 Å². The number of carbonyl (C=O) groups excluding carboxylic acids is 3. The van der Waals surface area contributed by atoms with Crippen molar-refractivity contribution in [1.82, 2.24) is 0 Å². The van der Waals surface area contributed by atoms with Crippen LogP contribution in [0, 0.1) is 5.92 Å². The van der Waals surface area contributed by atoms with Gasteiger partial charge in [0.25, 0.3) is 12.6 Å². The van der Waals surface area contributed by atoms with E-state index in [0.717, 1.165) is 0 Å². The maximum atomic E-state index is 12.0. The SMILES string of the molecule is CCOC(=O)C(OC=O)C(=O)C1CCOCC1. The fourth-order valence-electron chi connectivity index (χ4n) is 1.71. The molecule has 1 aliphatic heterocycles. The molecule has 17 heavy (non-hydrogen) atoms. The molecule has 6 nitrogen and oxygen atoms in total. The van der Waals surface area contributed by atoms with E-state index < -0.39 is 17.9 Å². The summed E-state index contributed by atoms with van der Waals surface area (Å²) in [6, 6.07) is 0. The highest BCUT2D eigenvalue weighted by atomic mass is 16.6. The molecule has 1 saturated heterocycles. The van der Waals surface area contributed by atoms with Crippen molar-refractivity contribution in [2.24, 2.45) is 5.92 Å². The highest BCUT2D eigenvalue weighted by molar-refractivity contribution is 6.03. The van der Waals surface area contributed by atoms with Crippen LogP contribution in [0.3, 0.4) is 0 Å². The van der Waals surface area contributed by atoms with Gasteiger partial charge in [-0.3, -0.25) is 9.59 Å². The summed E-state index contributed by atoms with van der Waals surface area (Å²) in [5.74, 6) is -1.52. The first-order valence-corrected chi connectivity index (χ1v) is 5.58. The van der Waals surface area contributed by atoms with E-state index in [0.29, 0.717) is 26.1 Å². The van der Waals surface area contributed by atoms with Crippen LogP contribution in [0.25, 0.3) is 0 Å². The van der Waals surface area contributed by atoms with Gasteiger partial charge in [-0.05, 0) is 19.8 Å². The lowest BCUT2D eigenvalue weighted by Gasteiger charge is -2.23. The standard InChI is InChI=1S/C11H16O6/c1-2-16-11(14)10(17-7-12)9(13)8-3-5-15-6-4-8/h7-8,10H,2-6H2,1H3. The molecule has 0 saturated carbocycles. The normalized spacial score (nSPS) is 18.2. The summed E-state index contributed by atoms with van der Waals surface area (Å²) in [5, 5.41) is 0. The van der Waals surface area contributed by atoms with Crippen LogP contribution in [-0.4, -0.2) is 44.1 Å². The number of esters is 1. The predicted octanol–water partition coefficient (Wildman–Crippen LogP) is 0.0868. The number of Topliss-reactive ketones (excluding diaryl/α,β-unsaturated/α-hetero) is 1. The molecule has 1 fully saturated rings. The molecule has 0 aromatic rings. The largest absolute Gasteiger partial charge is 0.463 e. The van der Waals surface area contributed by atoms with Crippen LogP contribution in [0.2, 0.25) is 0 Å². The second kappa shape index (κ2) is 7.01. The molecular formula is C11H16O6. The topological polar surface area (TPSA) is 78.9 Å². The van der Waals surface area contributed by atoms with Crippen LogP contribution < -0.4 is 0 Å². The molecule has 96 valence electrons. The molecule has 1 rings (SSSR count). The summed E-state index contributed by atoms with van der Waals surface area (Å²) in [7, 11) is 0. The number of hydrogen-bond donors (Lipinski definition) is 0. The van der Waals surface area contributed by atoms with Crippen LogP contribution in [0.1, 0.15) is 19.8 Å². The van der Waals surface area contributed by atoms with E-state index in [9.17, 15) is 14.4 Å². The Morgan fingerprint density at radius 2 is 2.06 bits per heavy atom. The first-order valence-electron chi connectivity index (χ1n) is 5.58. The zero-order chi connectivity index (χ0) is 12.7. The Hall–Kier alpha value is -1.43. The monoisotopic (exact) mass is 244 g/mol. The molecule has 0 bridgehead atoms. The Morgan fingerprint density at radius 3 is 2.59 bits per heavy atom. The minimum Gasteiger partial charge on any atom is -0.463 e. The van der Waals surface area contributed by atoms with Gasteiger partial charge in [0.2, 0.25) is 0 Å². The number of hydrogen-bond acceptors (Lipinski definition) is 6. The van der Waals surface area contributed by atoms with Crippen molar-refractivity contribution in [3.63, 3.8) is 0 Å². The van der Waals surface area contributed by atoms with Gasteiger partial charge in [-0.15, -0.1) is 0 Å². The lowest BCUT2D eigenvalue weighted by molar-refractivity contribution is -0.167. The molecule has 1 aliphatic rings. The molecule has 0 aromatic heterocycles. The highest BCUT2D eigenvalue weighted by Gasteiger charge is 2.35. The average Bonchev–Trinajstić information content (AvgIpc) is 2.36. The minimum atomic E-state index is -1.43. The average molecular weight is 244 g/mol. The molecule has 1 atom stereocenters. The number of rotatable bonds is 6. The summed E-state index contributed by atoms with van der Waals surface area (Å²) in [4.78, 5) is 33.7. The number of ether oxygens (including phenoxy) is 3. The van der Waals surface area contributed by atoms with Gasteiger partial charge in [-0.25, -0.2) is 4.79 Å². The second-order valence-corrected chi connectivity index (χ2v) is 3.65. The Balaban J connectivity index is 2.64. The van der Waals surface area contributed by atoms with Gasteiger partial charge in [-0.1, -0.05) is 0 Å². The van der Waals surface area contributed by atoms with Gasteiger partial charge < -0.3 is 14.2 Å². The zero-order valence-electron chi connectivity index (χ0n) is 9.72. The third kappa shape index (κ3) is 3.81. The molecule has 0 radical (unpaired) electrons. The third-order valence-corrected chi connectivity index (χ3v) is 2.57. The van der Waals surface area contributed by atoms with Gasteiger partial charge in [-0.2, -0.15) is 0 Å². The Bertz CT molecular complexity index is 282. The second-order valence-electron chi connectivity index (χ2n) is 3.65. The van der Waals surface area contributed by atoms with Crippen molar-refractivity contribution in [1.29, 1.82) is 0 Å². The predicted molar refractivity (Wildman–Crippen MR) is 56.1 cm³/mol. The van der Waals surface area contributed by atoms with Gasteiger partial charge in [0.15, 0.2) is 5.78 Å². The summed E-state index contributed by atoms with van der Waals surface area (Å²) >= 11 is 0. The lowest BCUT2D eigenvalue weighted by atomic mass is 9.92. The van der Waals surface area contributed by atoms with E-state index in [1.165, 1.54) is 0 Å². The summed E-state index contributed by atoms with van der Waals surface area (Å²) in [6.07, 6.45) is -0.357. The van der Waals surface area contributed by atoms with Gasteiger partial charge >= 0.3 is 5.97 Å². The van der Waals surface area contributed by atoms with Crippen LogP contribution in [-0.2, 0) is 28.6 Å². The smallest absolute Gasteiger partial charge is 0.355 e. The molecule has 6 heteroatoms. The van der Waals surface area contributed by atoms with Crippen LogP contribution in [0.5, 0.6) is 0 Å². The van der Waals surface area contributed by atoms with E-state index in [2.05, 4.69) is 4.74 Å². The van der Waals surface area contributed by atoms with E-state index in [1.807, 2.05) is 0 Å². The Morgan fingerprint density at radius 1 is 1.41 bits per heavy atom. The van der Waals surface area contributed by atoms with Crippen molar-refractivity contribution in [3.05, 3.63) is 0 Å². The van der Waals surface area contributed by atoms with Crippen LogP contribution >= 0.6 is 0 Å². The molecule has 1 unspecified atom stereocenters. The summed E-state index contributed by atoms with van der Waals surface area (Å²) < 4.78 is 14.3. The molecule has 0 aromatic carbocycles. The van der Waals surface area contributed by atoms with Crippen molar-refractivity contribution >= 4 is 18.2 Å². The number of ketones is 1. The zero-order valence-corrected chi connectivity index (χ0v) is 9.72. The molecule has 0 spiro atoms. The maximum absolute atomic E-state index is 12.0. The van der Waals surface area contributed by atoms with Crippen molar-refractivity contribution in [3.8, 4) is 0 Å². The number of carbonyl (C=O) groups is 3. The van der Waals surface area contributed by atoms with Crippen LogP contribution in [0.4, 0.5) is 0 Å². The molecule has 0 aliphatic carbocycles. The fraction of sp³-hybridized carbons (Fsp3) is 0.727.